The lowest BCUT2D eigenvalue weighted by Gasteiger charge is -2.29. The predicted molar refractivity (Wildman–Crippen MR) is 110 cm³/mol. The van der Waals surface area contributed by atoms with Crippen molar-refractivity contribution in [2.24, 2.45) is 5.92 Å². The Kier molecular flexibility index (Phi) is 9.62. The lowest BCUT2D eigenvalue weighted by molar-refractivity contribution is -0.120. The van der Waals surface area contributed by atoms with E-state index in [1.807, 2.05) is 12.1 Å². The molecule has 2 N–H and O–H groups in total. The zero-order valence-corrected chi connectivity index (χ0v) is 16.6. The number of hydrogen-bond donors (Lipinski definition) is 2. The maximum atomic E-state index is 12.7. The number of nitrogens with one attached hydrogen (secondary N) is 2. The van der Waals surface area contributed by atoms with Crippen LogP contribution in [0.3, 0.4) is 0 Å². The van der Waals surface area contributed by atoms with E-state index in [0.29, 0.717) is 6.04 Å². The summed E-state index contributed by atoms with van der Waals surface area (Å²) in [6, 6.07) is 8.71. The monoisotopic (exact) mass is 387 g/mol. The van der Waals surface area contributed by atoms with Crippen molar-refractivity contribution >= 4 is 42.1 Å². The third kappa shape index (κ3) is 6.05. The van der Waals surface area contributed by atoms with Gasteiger partial charge in [0.2, 0.25) is 5.91 Å². The van der Waals surface area contributed by atoms with Crippen LogP contribution in [0.4, 0.5) is 11.4 Å². The van der Waals surface area contributed by atoms with Gasteiger partial charge >= 0.3 is 0 Å². The van der Waals surface area contributed by atoms with Crippen molar-refractivity contribution in [2.75, 3.05) is 29.9 Å². The van der Waals surface area contributed by atoms with Gasteiger partial charge in [0, 0.05) is 25.0 Å². The Labute approximate surface area is 163 Å². The maximum Gasteiger partial charge on any atom is 0.227 e. The van der Waals surface area contributed by atoms with Crippen molar-refractivity contribution < 1.29 is 4.79 Å². The highest BCUT2D eigenvalue weighted by molar-refractivity contribution is 5.96. The molecule has 1 aromatic rings. The van der Waals surface area contributed by atoms with Crippen LogP contribution in [0.25, 0.3) is 0 Å². The summed E-state index contributed by atoms with van der Waals surface area (Å²) in [7, 11) is 0. The molecule has 4 nitrogen and oxygen atoms in total. The molecule has 0 saturated carbocycles. The smallest absolute Gasteiger partial charge is 0.227 e. The Hall–Kier alpha value is -0.970. The van der Waals surface area contributed by atoms with Gasteiger partial charge in [0.1, 0.15) is 0 Å². The Bertz CT molecular complexity index is 533. The van der Waals surface area contributed by atoms with Gasteiger partial charge in [-0.1, -0.05) is 25.0 Å². The summed E-state index contributed by atoms with van der Waals surface area (Å²) in [6.45, 7) is 5.28. The molecular formula is C19H31Cl2N3O. The van der Waals surface area contributed by atoms with E-state index in [0.717, 1.165) is 38.2 Å². The summed E-state index contributed by atoms with van der Waals surface area (Å²) in [5, 5.41) is 6.62. The normalized spacial score (nSPS) is 23.6. The first kappa shape index (κ1) is 22.1. The summed E-state index contributed by atoms with van der Waals surface area (Å²) in [5.74, 6) is 0.309. The molecule has 2 saturated heterocycles. The summed E-state index contributed by atoms with van der Waals surface area (Å²) in [4.78, 5) is 15.1. The minimum Gasteiger partial charge on any atom is -0.370 e. The SMILES string of the molecule is C[C@H]1C[C@@H](C(=O)Nc2ccccc2N2CCCCCC2)CCN1.Cl.Cl. The molecule has 2 atom stereocenters. The number of amides is 1. The number of benzene rings is 1. The van der Waals surface area contributed by atoms with Gasteiger partial charge in [-0.2, -0.15) is 0 Å². The number of rotatable bonds is 3. The molecule has 2 heterocycles. The lowest BCUT2D eigenvalue weighted by Crippen LogP contribution is -2.40. The van der Waals surface area contributed by atoms with Gasteiger partial charge in [0.15, 0.2) is 0 Å². The van der Waals surface area contributed by atoms with E-state index >= 15 is 0 Å². The molecule has 0 spiro atoms. The second-order valence-corrected chi connectivity index (χ2v) is 6.98. The van der Waals surface area contributed by atoms with Gasteiger partial charge in [-0.25, -0.2) is 0 Å². The highest BCUT2D eigenvalue weighted by Crippen LogP contribution is 2.29. The summed E-state index contributed by atoms with van der Waals surface area (Å²) in [5.41, 5.74) is 2.16. The fourth-order valence-corrected chi connectivity index (χ4v) is 3.77. The second-order valence-electron chi connectivity index (χ2n) is 6.98. The molecule has 25 heavy (non-hydrogen) atoms. The zero-order chi connectivity index (χ0) is 16.1. The third-order valence-corrected chi connectivity index (χ3v) is 5.10. The summed E-state index contributed by atoms with van der Waals surface area (Å²) < 4.78 is 0. The number of carbonyl (C=O) groups excluding carboxylic acids is 1. The number of carbonyl (C=O) groups is 1. The quantitative estimate of drug-likeness (QED) is 0.814. The number of piperidine rings is 1. The fourth-order valence-electron chi connectivity index (χ4n) is 3.77. The van der Waals surface area contributed by atoms with E-state index < -0.39 is 0 Å². The van der Waals surface area contributed by atoms with Gasteiger partial charge in [-0.3, -0.25) is 4.79 Å². The number of para-hydroxylation sites is 2. The first-order valence-corrected chi connectivity index (χ1v) is 9.12. The summed E-state index contributed by atoms with van der Waals surface area (Å²) in [6.07, 6.45) is 6.98. The van der Waals surface area contributed by atoms with Crippen molar-refractivity contribution in [2.45, 2.75) is 51.5 Å². The van der Waals surface area contributed by atoms with E-state index in [9.17, 15) is 4.79 Å². The molecule has 0 bridgehead atoms. The largest absolute Gasteiger partial charge is 0.370 e. The van der Waals surface area contributed by atoms with Gasteiger partial charge in [0.05, 0.1) is 11.4 Å². The molecule has 0 radical (unpaired) electrons. The van der Waals surface area contributed by atoms with Crippen LogP contribution in [0.15, 0.2) is 24.3 Å². The van der Waals surface area contributed by atoms with Crippen molar-refractivity contribution in [3.8, 4) is 0 Å². The average Bonchev–Trinajstić information content (AvgIpc) is 2.84. The highest BCUT2D eigenvalue weighted by Gasteiger charge is 2.25. The molecule has 2 fully saturated rings. The van der Waals surface area contributed by atoms with Crippen molar-refractivity contribution in [3.05, 3.63) is 24.3 Å². The molecule has 0 unspecified atom stereocenters. The van der Waals surface area contributed by atoms with Crippen molar-refractivity contribution in [1.29, 1.82) is 0 Å². The van der Waals surface area contributed by atoms with E-state index in [4.69, 9.17) is 0 Å². The molecule has 0 aliphatic carbocycles. The summed E-state index contributed by atoms with van der Waals surface area (Å²) >= 11 is 0. The maximum absolute atomic E-state index is 12.7. The van der Waals surface area contributed by atoms with Crippen LogP contribution in [0.1, 0.15) is 45.4 Å². The van der Waals surface area contributed by atoms with Gasteiger partial charge in [0.25, 0.3) is 0 Å². The van der Waals surface area contributed by atoms with E-state index in [1.165, 1.54) is 31.4 Å². The van der Waals surface area contributed by atoms with Crippen molar-refractivity contribution in [3.63, 3.8) is 0 Å². The molecule has 2 aliphatic rings. The van der Waals surface area contributed by atoms with Gasteiger partial charge in [-0.05, 0) is 51.3 Å². The molecular weight excluding hydrogens is 357 g/mol. The van der Waals surface area contributed by atoms with Crippen molar-refractivity contribution in [1.82, 2.24) is 5.32 Å². The number of anilines is 2. The van der Waals surface area contributed by atoms with Crippen LogP contribution in [0.5, 0.6) is 0 Å². The number of halogens is 2. The number of nitrogens with zero attached hydrogens (tertiary/aromatic N) is 1. The Morgan fingerprint density at radius 2 is 1.80 bits per heavy atom. The molecule has 0 aromatic heterocycles. The van der Waals surface area contributed by atoms with E-state index in [-0.39, 0.29) is 36.6 Å². The lowest BCUT2D eigenvalue weighted by atomic mass is 9.92. The first-order chi connectivity index (χ1) is 11.2. The third-order valence-electron chi connectivity index (χ3n) is 5.10. The van der Waals surface area contributed by atoms with Gasteiger partial charge in [-0.15, -0.1) is 24.8 Å². The zero-order valence-electron chi connectivity index (χ0n) is 15.0. The fraction of sp³-hybridized carbons (Fsp3) is 0.632. The number of hydrogen-bond acceptors (Lipinski definition) is 3. The molecule has 6 heteroatoms. The topological polar surface area (TPSA) is 44.4 Å². The van der Waals surface area contributed by atoms with Crippen LogP contribution >= 0.6 is 24.8 Å². The van der Waals surface area contributed by atoms with Crippen LogP contribution in [0.2, 0.25) is 0 Å². The van der Waals surface area contributed by atoms with E-state index in [1.54, 1.807) is 0 Å². The van der Waals surface area contributed by atoms with Crippen LogP contribution in [0, 0.1) is 5.92 Å². The highest BCUT2D eigenvalue weighted by atomic mass is 35.5. The standard InChI is InChI=1S/C19H29N3O.2ClH/c1-15-14-16(10-11-20-15)19(23)21-17-8-4-5-9-18(17)22-12-6-2-3-7-13-22;;/h4-5,8-9,15-16,20H,2-3,6-7,10-14H2,1H3,(H,21,23);2*1H/t15-,16-;;/m0../s1. The van der Waals surface area contributed by atoms with Crippen LogP contribution < -0.4 is 15.5 Å². The Balaban J connectivity index is 0.00000156. The molecule has 3 rings (SSSR count). The Morgan fingerprint density at radius 1 is 1.12 bits per heavy atom. The Morgan fingerprint density at radius 3 is 2.48 bits per heavy atom. The molecule has 1 aromatic carbocycles. The molecule has 2 aliphatic heterocycles. The minimum atomic E-state index is 0. The van der Waals surface area contributed by atoms with Crippen LogP contribution in [-0.4, -0.2) is 31.6 Å². The van der Waals surface area contributed by atoms with Crippen LogP contribution in [-0.2, 0) is 4.79 Å². The molecule has 142 valence electrons. The second kappa shape index (κ2) is 10.9. The van der Waals surface area contributed by atoms with Gasteiger partial charge < -0.3 is 15.5 Å². The minimum absolute atomic E-state index is 0. The molecule has 1 amide bonds. The first-order valence-electron chi connectivity index (χ1n) is 9.12. The average molecular weight is 388 g/mol. The van der Waals surface area contributed by atoms with E-state index in [2.05, 4.69) is 34.6 Å². The predicted octanol–water partition coefficient (Wildman–Crippen LogP) is 4.24.